The molecule has 1 aliphatic carbocycles. The highest BCUT2D eigenvalue weighted by molar-refractivity contribution is 5.35. The maximum Gasteiger partial charge on any atom is 0.433 e. The Labute approximate surface area is 119 Å². The number of hydrogen-bond acceptors (Lipinski definition) is 4. The third kappa shape index (κ3) is 2.81. The predicted octanol–water partition coefficient (Wildman–Crippen LogP) is 2.49. The summed E-state index contributed by atoms with van der Waals surface area (Å²) in [5.74, 6) is -0.118. The van der Waals surface area contributed by atoms with Crippen LogP contribution in [0.2, 0.25) is 0 Å². The molecule has 2 fully saturated rings. The first-order valence-electron chi connectivity index (χ1n) is 6.77. The topological polar surface area (TPSA) is 57.9 Å². The van der Waals surface area contributed by atoms with E-state index < -0.39 is 11.9 Å². The summed E-state index contributed by atoms with van der Waals surface area (Å²) in [7, 11) is 0. The van der Waals surface area contributed by atoms with Crippen LogP contribution >= 0.6 is 0 Å². The van der Waals surface area contributed by atoms with E-state index >= 15 is 0 Å². The van der Waals surface area contributed by atoms with Gasteiger partial charge in [-0.2, -0.15) is 18.4 Å². The molecule has 7 heteroatoms. The van der Waals surface area contributed by atoms with Crippen molar-refractivity contribution in [3.8, 4) is 11.9 Å². The zero-order chi connectivity index (χ0) is 15.1. The van der Waals surface area contributed by atoms with E-state index in [0.717, 1.165) is 38.4 Å². The van der Waals surface area contributed by atoms with Crippen molar-refractivity contribution in [2.24, 2.45) is 5.41 Å². The molecule has 2 heterocycles. The first kappa shape index (κ1) is 14.1. The van der Waals surface area contributed by atoms with Gasteiger partial charge >= 0.3 is 6.18 Å². The van der Waals surface area contributed by atoms with Crippen LogP contribution in [0.1, 0.15) is 30.5 Å². The number of pyridine rings is 1. The highest BCUT2D eigenvalue weighted by atomic mass is 19.4. The Morgan fingerprint density at radius 2 is 2.14 bits per heavy atom. The second-order valence-electron chi connectivity index (χ2n) is 5.76. The molecule has 1 aromatic heterocycles. The average molecular weight is 297 g/mol. The Balaban J connectivity index is 1.72. The Bertz CT molecular complexity index is 580. The SMILES string of the molecule is N#Cc1cc(OC2CC3(CCNC3)C2)nc(C(F)(F)F)c1. The molecule has 1 saturated carbocycles. The highest BCUT2D eigenvalue weighted by Gasteiger charge is 2.47. The molecule has 0 aromatic carbocycles. The van der Waals surface area contributed by atoms with E-state index in [9.17, 15) is 13.2 Å². The first-order valence-corrected chi connectivity index (χ1v) is 6.77. The minimum absolute atomic E-state index is 0.0936. The molecular weight excluding hydrogens is 283 g/mol. The number of halogens is 3. The molecule has 1 N–H and O–H groups in total. The summed E-state index contributed by atoms with van der Waals surface area (Å²) in [6.07, 6.45) is -1.99. The molecule has 4 nitrogen and oxygen atoms in total. The highest BCUT2D eigenvalue weighted by Crippen LogP contribution is 2.47. The van der Waals surface area contributed by atoms with Gasteiger partial charge in [-0.05, 0) is 37.3 Å². The van der Waals surface area contributed by atoms with E-state index in [2.05, 4.69) is 10.3 Å². The van der Waals surface area contributed by atoms with E-state index in [0.29, 0.717) is 0 Å². The fraction of sp³-hybridized carbons (Fsp3) is 0.571. The van der Waals surface area contributed by atoms with Crippen molar-refractivity contribution in [3.05, 3.63) is 23.4 Å². The summed E-state index contributed by atoms with van der Waals surface area (Å²) in [6.45, 7) is 1.92. The normalized spacial score (nSPS) is 28.2. The summed E-state index contributed by atoms with van der Waals surface area (Å²) in [4.78, 5) is 3.48. The van der Waals surface area contributed by atoms with Gasteiger partial charge in [-0.3, -0.25) is 0 Å². The van der Waals surface area contributed by atoms with Gasteiger partial charge in [0.05, 0.1) is 11.6 Å². The Morgan fingerprint density at radius 3 is 2.71 bits per heavy atom. The van der Waals surface area contributed by atoms with Gasteiger partial charge in [-0.25, -0.2) is 4.98 Å². The molecule has 112 valence electrons. The average Bonchev–Trinajstić information content (AvgIpc) is 2.86. The second-order valence-corrected chi connectivity index (χ2v) is 5.76. The van der Waals surface area contributed by atoms with Gasteiger partial charge < -0.3 is 10.1 Å². The lowest BCUT2D eigenvalue weighted by Crippen LogP contribution is -2.45. The van der Waals surface area contributed by atoms with Crippen LogP contribution in [0.3, 0.4) is 0 Å². The van der Waals surface area contributed by atoms with Gasteiger partial charge in [0.1, 0.15) is 11.8 Å². The van der Waals surface area contributed by atoms with Crippen LogP contribution in [0.4, 0.5) is 13.2 Å². The summed E-state index contributed by atoms with van der Waals surface area (Å²) in [5.41, 5.74) is -0.943. The Hall–Kier alpha value is -1.81. The standard InChI is InChI=1S/C14H14F3N3O/c15-14(16,17)11-3-9(7-18)4-12(20-11)21-10-5-13(6-10)1-2-19-8-13/h3-4,10,19H,1-2,5-6,8H2. The van der Waals surface area contributed by atoms with Crippen LogP contribution in [-0.2, 0) is 6.18 Å². The molecule has 0 radical (unpaired) electrons. The number of ether oxygens (including phenoxy) is 1. The number of nitriles is 1. The smallest absolute Gasteiger partial charge is 0.433 e. The molecular formula is C14H14F3N3O. The number of aromatic nitrogens is 1. The minimum atomic E-state index is -4.58. The fourth-order valence-electron chi connectivity index (χ4n) is 3.08. The summed E-state index contributed by atoms with van der Waals surface area (Å²) in [5, 5.41) is 12.1. The molecule has 1 aliphatic heterocycles. The van der Waals surface area contributed by atoms with Crippen molar-refractivity contribution in [2.75, 3.05) is 13.1 Å². The molecule has 2 aliphatic rings. The van der Waals surface area contributed by atoms with Crippen molar-refractivity contribution in [2.45, 2.75) is 31.5 Å². The first-order chi connectivity index (χ1) is 9.90. The quantitative estimate of drug-likeness (QED) is 0.911. The zero-order valence-corrected chi connectivity index (χ0v) is 11.2. The second kappa shape index (κ2) is 4.88. The number of nitrogens with zero attached hydrogens (tertiary/aromatic N) is 2. The maximum absolute atomic E-state index is 12.7. The number of nitrogens with one attached hydrogen (secondary N) is 1. The largest absolute Gasteiger partial charge is 0.474 e. The van der Waals surface area contributed by atoms with Gasteiger partial charge in [-0.1, -0.05) is 0 Å². The molecule has 0 amide bonds. The molecule has 3 rings (SSSR count). The number of hydrogen-bond donors (Lipinski definition) is 1. The summed E-state index contributed by atoms with van der Waals surface area (Å²) < 4.78 is 43.7. The van der Waals surface area contributed by atoms with Gasteiger partial charge in [0.15, 0.2) is 0 Å². The van der Waals surface area contributed by atoms with E-state index in [-0.39, 0.29) is 23.0 Å². The minimum Gasteiger partial charge on any atom is -0.474 e. The predicted molar refractivity (Wildman–Crippen MR) is 67.5 cm³/mol. The van der Waals surface area contributed by atoms with Gasteiger partial charge in [0.2, 0.25) is 5.88 Å². The van der Waals surface area contributed by atoms with Crippen molar-refractivity contribution >= 4 is 0 Å². The van der Waals surface area contributed by atoms with Gasteiger partial charge in [0.25, 0.3) is 0 Å². The lowest BCUT2D eigenvalue weighted by atomic mass is 9.66. The molecule has 1 saturated heterocycles. The number of rotatable bonds is 2. The fourth-order valence-corrected chi connectivity index (χ4v) is 3.08. The molecule has 0 atom stereocenters. The summed E-state index contributed by atoms with van der Waals surface area (Å²) in [6, 6.07) is 3.70. The third-order valence-electron chi connectivity index (χ3n) is 4.16. The lowest BCUT2D eigenvalue weighted by Gasteiger charge is -2.44. The van der Waals surface area contributed by atoms with Crippen LogP contribution in [0.15, 0.2) is 12.1 Å². The third-order valence-corrected chi connectivity index (χ3v) is 4.16. The lowest BCUT2D eigenvalue weighted by molar-refractivity contribution is -0.141. The Kier molecular flexibility index (Phi) is 3.29. The maximum atomic E-state index is 12.7. The number of alkyl halides is 3. The molecule has 0 unspecified atom stereocenters. The van der Waals surface area contributed by atoms with Crippen molar-refractivity contribution in [3.63, 3.8) is 0 Å². The van der Waals surface area contributed by atoms with Gasteiger partial charge in [0, 0.05) is 12.6 Å². The van der Waals surface area contributed by atoms with Crippen molar-refractivity contribution in [1.29, 1.82) is 5.26 Å². The molecule has 1 spiro atoms. The van der Waals surface area contributed by atoms with Crippen molar-refractivity contribution < 1.29 is 17.9 Å². The van der Waals surface area contributed by atoms with Crippen LogP contribution in [0, 0.1) is 16.7 Å². The zero-order valence-electron chi connectivity index (χ0n) is 11.2. The van der Waals surface area contributed by atoms with Crippen LogP contribution in [0.25, 0.3) is 0 Å². The van der Waals surface area contributed by atoms with E-state index in [4.69, 9.17) is 10.00 Å². The molecule has 1 aromatic rings. The van der Waals surface area contributed by atoms with Crippen LogP contribution in [0.5, 0.6) is 5.88 Å². The monoisotopic (exact) mass is 297 g/mol. The van der Waals surface area contributed by atoms with Gasteiger partial charge in [-0.15, -0.1) is 0 Å². The van der Waals surface area contributed by atoms with Crippen LogP contribution < -0.4 is 10.1 Å². The van der Waals surface area contributed by atoms with E-state index in [1.807, 2.05) is 0 Å². The molecule has 0 bridgehead atoms. The summed E-state index contributed by atoms with van der Waals surface area (Å²) >= 11 is 0. The van der Waals surface area contributed by atoms with Crippen LogP contribution in [-0.4, -0.2) is 24.2 Å². The van der Waals surface area contributed by atoms with E-state index in [1.165, 1.54) is 6.07 Å². The Morgan fingerprint density at radius 1 is 1.38 bits per heavy atom. The molecule has 21 heavy (non-hydrogen) atoms. The van der Waals surface area contributed by atoms with Crippen molar-refractivity contribution in [1.82, 2.24) is 10.3 Å². The van der Waals surface area contributed by atoms with E-state index in [1.54, 1.807) is 6.07 Å².